The molecule has 0 atom stereocenters. The number of nitrogen functional groups attached to an aromatic ring is 1. The summed E-state index contributed by atoms with van der Waals surface area (Å²) in [4.78, 5) is 12.7. The molecule has 0 radical (unpaired) electrons. The molecule has 0 saturated carbocycles. The van der Waals surface area contributed by atoms with Gasteiger partial charge in [-0.1, -0.05) is 22.0 Å². The summed E-state index contributed by atoms with van der Waals surface area (Å²) < 4.78 is 7.13. The SMILES string of the molecule is Nc1c(C(=O)NCc2ccco2)sc2cc(Br)ccc12. The molecule has 2 aromatic heterocycles. The molecule has 3 rings (SSSR count). The zero-order valence-electron chi connectivity index (χ0n) is 10.4. The Morgan fingerprint density at radius 2 is 2.25 bits per heavy atom. The number of hydrogen-bond acceptors (Lipinski definition) is 4. The number of carbonyl (C=O) groups is 1. The topological polar surface area (TPSA) is 68.3 Å². The van der Waals surface area contributed by atoms with E-state index in [0.29, 0.717) is 22.9 Å². The van der Waals surface area contributed by atoms with Gasteiger partial charge < -0.3 is 15.5 Å². The van der Waals surface area contributed by atoms with E-state index in [1.54, 1.807) is 12.3 Å². The molecule has 4 nitrogen and oxygen atoms in total. The van der Waals surface area contributed by atoms with Gasteiger partial charge in [0.15, 0.2) is 0 Å². The Morgan fingerprint density at radius 3 is 3.00 bits per heavy atom. The highest BCUT2D eigenvalue weighted by atomic mass is 79.9. The van der Waals surface area contributed by atoms with Crippen LogP contribution in [0.3, 0.4) is 0 Å². The second-order valence-corrected chi connectivity index (χ2v) is 6.22. The fourth-order valence-corrected chi connectivity index (χ4v) is 3.51. The molecule has 3 N–H and O–H groups in total. The first-order chi connectivity index (χ1) is 9.65. The molecule has 20 heavy (non-hydrogen) atoms. The van der Waals surface area contributed by atoms with Crippen LogP contribution in [-0.4, -0.2) is 5.91 Å². The van der Waals surface area contributed by atoms with Gasteiger partial charge in [0.2, 0.25) is 0 Å². The summed E-state index contributed by atoms with van der Waals surface area (Å²) >= 11 is 4.80. The fourth-order valence-electron chi connectivity index (χ4n) is 1.92. The third-order valence-electron chi connectivity index (χ3n) is 2.90. The van der Waals surface area contributed by atoms with E-state index in [4.69, 9.17) is 10.2 Å². The number of furan rings is 1. The number of hydrogen-bond donors (Lipinski definition) is 2. The molecule has 1 amide bonds. The molecule has 0 unspecified atom stereocenters. The van der Waals surface area contributed by atoms with E-state index in [0.717, 1.165) is 14.6 Å². The highest BCUT2D eigenvalue weighted by Gasteiger charge is 2.16. The Labute approximate surface area is 127 Å². The molecular weight excluding hydrogens is 340 g/mol. The molecular formula is C14H11BrN2O2S. The van der Waals surface area contributed by atoms with Crippen LogP contribution in [0.5, 0.6) is 0 Å². The molecule has 2 heterocycles. The summed E-state index contributed by atoms with van der Waals surface area (Å²) in [7, 11) is 0. The molecule has 6 heteroatoms. The second kappa shape index (κ2) is 5.30. The predicted octanol–water partition coefficient (Wildman–Crippen LogP) is 3.77. The molecule has 0 spiro atoms. The fraction of sp³-hybridized carbons (Fsp3) is 0.0714. The van der Waals surface area contributed by atoms with Crippen LogP contribution in [0.25, 0.3) is 10.1 Å². The van der Waals surface area contributed by atoms with Gasteiger partial charge in [-0.05, 0) is 24.3 Å². The molecule has 0 aliphatic heterocycles. The third kappa shape index (κ3) is 2.44. The zero-order valence-corrected chi connectivity index (χ0v) is 12.8. The maximum Gasteiger partial charge on any atom is 0.263 e. The van der Waals surface area contributed by atoms with Gasteiger partial charge in [0, 0.05) is 14.6 Å². The molecule has 0 saturated heterocycles. The van der Waals surface area contributed by atoms with E-state index in [2.05, 4.69) is 21.2 Å². The number of benzene rings is 1. The van der Waals surface area contributed by atoms with Crippen LogP contribution in [-0.2, 0) is 6.54 Å². The number of amides is 1. The van der Waals surface area contributed by atoms with Crippen molar-refractivity contribution < 1.29 is 9.21 Å². The minimum atomic E-state index is -0.184. The lowest BCUT2D eigenvalue weighted by atomic mass is 10.2. The van der Waals surface area contributed by atoms with Crippen molar-refractivity contribution in [3.05, 3.63) is 51.7 Å². The third-order valence-corrected chi connectivity index (χ3v) is 4.56. The van der Waals surface area contributed by atoms with Crippen molar-refractivity contribution >= 4 is 48.9 Å². The second-order valence-electron chi connectivity index (χ2n) is 4.25. The zero-order chi connectivity index (χ0) is 14.1. The van der Waals surface area contributed by atoms with Gasteiger partial charge in [-0.2, -0.15) is 0 Å². The van der Waals surface area contributed by atoms with E-state index in [9.17, 15) is 4.79 Å². The minimum absolute atomic E-state index is 0.184. The molecule has 0 aliphatic carbocycles. The molecule has 1 aromatic carbocycles. The molecule has 0 fully saturated rings. The molecule has 3 aromatic rings. The predicted molar refractivity (Wildman–Crippen MR) is 83.8 cm³/mol. The van der Waals surface area contributed by atoms with Crippen molar-refractivity contribution in [1.82, 2.24) is 5.32 Å². The summed E-state index contributed by atoms with van der Waals surface area (Å²) in [6.07, 6.45) is 1.58. The lowest BCUT2D eigenvalue weighted by Gasteiger charge is -2.01. The van der Waals surface area contributed by atoms with Crippen LogP contribution in [0.15, 0.2) is 45.5 Å². The van der Waals surface area contributed by atoms with Crippen LogP contribution >= 0.6 is 27.3 Å². The van der Waals surface area contributed by atoms with Crippen LogP contribution in [0.1, 0.15) is 15.4 Å². The van der Waals surface area contributed by atoms with Gasteiger partial charge in [-0.3, -0.25) is 4.79 Å². The Morgan fingerprint density at radius 1 is 1.40 bits per heavy atom. The highest BCUT2D eigenvalue weighted by Crippen LogP contribution is 2.35. The van der Waals surface area contributed by atoms with E-state index < -0.39 is 0 Å². The van der Waals surface area contributed by atoms with Gasteiger partial charge in [0.1, 0.15) is 10.6 Å². The average molecular weight is 351 g/mol. The molecule has 0 bridgehead atoms. The summed E-state index contributed by atoms with van der Waals surface area (Å²) in [6, 6.07) is 9.38. The average Bonchev–Trinajstić information content (AvgIpc) is 3.04. The van der Waals surface area contributed by atoms with E-state index >= 15 is 0 Å². The normalized spacial score (nSPS) is 10.8. The monoisotopic (exact) mass is 350 g/mol. The van der Waals surface area contributed by atoms with Gasteiger partial charge >= 0.3 is 0 Å². The summed E-state index contributed by atoms with van der Waals surface area (Å²) in [6.45, 7) is 0.350. The van der Waals surface area contributed by atoms with Crippen molar-refractivity contribution in [1.29, 1.82) is 0 Å². The maximum absolute atomic E-state index is 12.2. The first-order valence-corrected chi connectivity index (χ1v) is 7.54. The van der Waals surface area contributed by atoms with Crippen LogP contribution in [0.4, 0.5) is 5.69 Å². The van der Waals surface area contributed by atoms with Crippen molar-refractivity contribution in [2.24, 2.45) is 0 Å². The Bertz CT molecular complexity index is 765. The quantitative estimate of drug-likeness (QED) is 0.755. The van der Waals surface area contributed by atoms with Crippen molar-refractivity contribution in [3.63, 3.8) is 0 Å². The largest absolute Gasteiger partial charge is 0.467 e. The number of nitrogens with two attached hydrogens (primary N) is 1. The molecule has 102 valence electrons. The first kappa shape index (κ1) is 13.2. The van der Waals surface area contributed by atoms with Crippen LogP contribution < -0.4 is 11.1 Å². The number of nitrogens with one attached hydrogen (secondary N) is 1. The van der Waals surface area contributed by atoms with E-state index in [1.807, 2.05) is 24.3 Å². The number of carbonyl (C=O) groups excluding carboxylic acids is 1. The van der Waals surface area contributed by atoms with Gasteiger partial charge in [0.25, 0.3) is 5.91 Å². The summed E-state index contributed by atoms with van der Waals surface area (Å²) in [5, 5.41) is 3.71. The van der Waals surface area contributed by atoms with Gasteiger partial charge in [0.05, 0.1) is 18.5 Å². The standard InChI is InChI=1S/C14H11BrN2O2S/c15-8-3-4-10-11(6-8)20-13(12(10)16)14(18)17-7-9-2-1-5-19-9/h1-6H,7,16H2,(H,17,18). The number of rotatable bonds is 3. The Kier molecular flexibility index (Phi) is 3.50. The van der Waals surface area contributed by atoms with Crippen LogP contribution in [0.2, 0.25) is 0 Å². The number of anilines is 1. The number of fused-ring (bicyclic) bond motifs is 1. The Balaban J connectivity index is 1.85. The van der Waals surface area contributed by atoms with E-state index in [-0.39, 0.29) is 5.91 Å². The number of thiophene rings is 1. The number of halogens is 1. The highest BCUT2D eigenvalue weighted by molar-refractivity contribution is 9.10. The summed E-state index contributed by atoms with van der Waals surface area (Å²) in [5.41, 5.74) is 6.57. The van der Waals surface area contributed by atoms with Crippen LogP contribution in [0, 0.1) is 0 Å². The lowest BCUT2D eigenvalue weighted by Crippen LogP contribution is -2.22. The van der Waals surface area contributed by atoms with Crippen molar-refractivity contribution in [2.75, 3.05) is 5.73 Å². The van der Waals surface area contributed by atoms with Gasteiger partial charge in [-0.15, -0.1) is 11.3 Å². The van der Waals surface area contributed by atoms with E-state index in [1.165, 1.54) is 11.3 Å². The summed E-state index contributed by atoms with van der Waals surface area (Å²) in [5.74, 6) is 0.525. The Hall–Kier alpha value is -1.79. The van der Waals surface area contributed by atoms with Crippen molar-refractivity contribution in [2.45, 2.75) is 6.54 Å². The first-order valence-electron chi connectivity index (χ1n) is 5.93. The lowest BCUT2D eigenvalue weighted by molar-refractivity contribution is 0.0953. The van der Waals surface area contributed by atoms with Crippen molar-refractivity contribution in [3.8, 4) is 0 Å². The van der Waals surface area contributed by atoms with Gasteiger partial charge in [-0.25, -0.2) is 0 Å². The minimum Gasteiger partial charge on any atom is -0.467 e. The smallest absolute Gasteiger partial charge is 0.263 e. The maximum atomic E-state index is 12.2. The molecule has 0 aliphatic rings.